The average molecular weight is 391 g/mol. The molecule has 4 heteroatoms. The van der Waals surface area contributed by atoms with Gasteiger partial charge in [-0.3, -0.25) is 0 Å². The molecular weight excluding hydrogens is 370 g/mol. The second-order valence-electron chi connectivity index (χ2n) is 4.77. The standard InChI is InChI=1S/C15H21Br2NO/c1-5-19-15-13(16)7-12(8-14(15)17)6-11(4)9-18-10(2)3/h6-8,10,18H,5,9H2,1-4H3. The topological polar surface area (TPSA) is 21.3 Å². The van der Waals surface area contributed by atoms with Crippen LogP contribution < -0.4 is 10.1 Å². The molecule has 2 nitrogen and oxygen atoms in total. The third kappa shape index (κ3) is 5.67. The monoisotopic (exact) mass is 389 g/mol. The molecule has 1 aromatic carbocycles. The highest BCUT2D eigenvalue weighted by molar-refractivity contribution is 9.11. The van der Waals surface area contributed by atoms with Gasteiger partial charge in [0.1, 0.15) is 5.75 Å². The molecule has 1 N–H and O–H groups in total. The molecular formula is C15H21Br2NO. The van der Waals surface area contributed by atoms with Crippen LogP contribution in [0.15, 0.2) is 26.7 Å². The fourth-order valence-corrected chi connectivity index (χ4v) is 3.10. The van der Waals surface area contributed by atoms with Crippen molar-refractivity contribution in [2.24, 2.45) is 0 Å². The number of hydrogen-bond donors (Lipinski definition) is 1. The van der Waals surface area contributed by atoms with E-state index in [0.29, 0.717) is 12.6 Å². The largest absolute Gasteiger partial charge is 0.492 e. The molecule has 0 heterocycles. The summed E-state index contributed by atoms with van der Waals surface area (Å²) in [5.41, 5.74) is 2.46. The molecule has 0 spiro atoms. The van der Waals surface area contributed by atoms with Crippen LogP contribution in [-0.2, 0) is 0 Å². The molecule has 0 saturated heterocycles. The van der Waals surface area contributed by atoms with Gasteiger partial charge in [-0.15, -0.1) is 0 Å². The molecule has 106 valence electrons. The fourth-order valence-electron chi connectivity index (χ4n) is 1.65. The van der Waals surface area contributed by atoms with Crippen LogP contribution in [0, 0.1) is 0 Å². The number of benzene rings is 1. The first-order valence-electron chi connectivity index (χ1n) is 6.46. The van der Waals surface area contributed by atoms with E-state index in [1.807, 2.05) is 6.92 Å². The van der Waals surface area contributed by atoms with Crippen molar-refractivity contribution in [3.05, 3.63) is 32.2 Å². The zero-order chi connectivity index (χ0) is 14.4. The van der Waals surface area contributed by atoms with E-state index in [1.54, 1.807) is 0 Å². The SMILES string of the molecule is CCOc1c(Br)cc(C=C(C)CNC(C)C)cc1Br. The van der Waals surface area contributed by atoms with Crippen molar-refractivity contribution in [3.63, 3.8) is 0 Å². The lowest BCUT2D eigenvalue weighted by Crippen LogP contribution is -2.24. The van der Waals surface area contributed by atoms with Crippen molar-refractivity contribution in [1.29, 1.82) is 0 Å². The Morgan fingerprint density at radius 1 is 1.32 bits per heavy atom. The van der Waals surface area contributed by atoms with Crippen LogP contribution in [0.3, 0.4) is 0 Å². The van der Waals surface area contributed by atoms with Gasteiger partial charge in [-0.1, -0.05) is 25.5 Å². The summed E-state index contributed by atoms with van der Waals surface area (Å²) in [6, 6.07) is 4.66. The third-order valence-corrected chi connectivity index (χ3v) is 3.69. The summed E-state index contributed by atoms with van der Waals surface area (Å²) in [4.78, 5) is 0. The third-order valence-electron chi connectivity index (χ3n) is 2.51. The van der Waals surface area contributed by atoms with E-state index in [1.165, 1.54) is 5.57 Å². The first-order chi connectivity index (χ1) is 8.93. The van der Waals surface area contributed by atoms with Gasteiger partial charge in [-0.2, -0.15) is 0 Å². The van der Waals surface area contributed by atoms with Gasteiger partial charge < -0.3 is 10.1 Å². The Bertz CT molecular complexity index is 432. The van der Waals surface area contributed by atoms with Crippen molar-refractivity contribution >= 4 is 37.9 Å². The molecule has 0 radical (unpaired) electrons. The van der Waals surface area contributed by atoms with Crippen molar-refractivity contribution < 1.29 is 4.74 Å². The molecule has 0 unspecified atom stereocenters. The van der Waals surface area contributed by atoms with Crippen LogP contribution in [0.1, 0.15) is 33.3 Å². The van der Waals surface area contributed by atoms with Gasteiger partial charge in [0.15, 0.2) is 0 Å². The van der Waals surface area contributed by atoms with Gasteiger partial charge in [0.05, 0.1) is 15.6 Å². The van der Waals surface area contributed by atoms with Crippen molar-refractivity contribution in [1.82, 2.24) is 5.32 Å². The summed E-state index contributed by atoms with van der Waals surface area (Å²) in [6.45, 7) is 9.97. The molecule has 0 aromatic heterocycles. The predicted molar refractivity (Wildman–Crippen MR) is 89.8 cm³/mol. The summed E-state index contributed by atoms with van der Waals surface area (Å²) < 4.78 is 7.52. The van der Waals surface area contributed by atoms with Gasteiger partial charge in [0.25, 0.3) is 0 Å². The number of nitrogens with one attached hydrogen (secondary N) is 1. The maximum atomic E-state index is 5.58. The molecule has 0 aliphatic rings. The fraction of sp³-hybridized carbons (Fsp3) is 0.467. The second kappa shape index (κ2) is 8.08. The molecule has 0 aliphatic heterocycles. The van der Waals surface area contributed by atoms with E-state index in [9.17, 15) is 0 Å². The Balaban J connectivity index is 2.88. The van der Waals surface area contributed by atoms with Crippen molar-refractivity contribution in [2.45, 2.75) is 33.7 Å². The molecule has 0 atom stereocenters. The van der Waals surface area contributed by atoms with E-state index < -0.39 is 0 Å². The lowest BCUT2D eigenvalue weighted by atomic mass is 10.1. The first-order valence-corrected chi connectivity index (χ1v) is 8.05. The van der Waals surface area contributed by atoms with Gasteiger partial charge in [-0.05, 0) is 63.4 Å². The zero-order valence-corrected chi connectivity index (χ0v) is 15.1. The van der Waals surface area contributed by atoms with Crippen LogP contribution in [0.25, 0.3) is 6.08 Å². The Hall–Kier alpha value is -0.320. The van der Waals surface area contributed by atoms with Crippen molar-refractivity contribution in [2.75, 3.05) is 13.2 Å². The summed E-state index contributed by atoms with van der Waals surface area (Å²) in [5, 5.41) is 3.41. The van der Waals surface area contributed by atoms with E-state index in [2.05, 4.69) is 76.2 Å². The normalized spacial score (nSPS) is 12.1. The van der Waals surface area contributed by atoms with Crippen LogP contribution in [0.4, 0.5) is 0 Å². The number of hydrogen-bond acceptors (Lipinski definition) is 2. The Kier molecular flexibility index (Phi) is 7.11. The van der Waals surface area contributed by atoms with Gasteiger partial charge in [0.2, 0.25) is 0 Å². The van der Waals surface area contributed by atoms with Crippen LogP contribution >= 0.6 is 31.9 Å². The van der Waals surface area contributed by atoms with Gasteiger partial charge >= 0.3 is 0 Å². The average Bonchev–Trinajstić information content (AvgIpc) is 2.31. The van der Waals surface area contributed by atoms with Crippen LogP contribution in [-0.4, -0.2) is 19.2 Å². The minimum absolute atomic E-state index is 0.502. The minimum Gasteiger partial charge on any atom is -0.492 e. The Morgan fingerprint density at radius 3 is 2.37 bits per heavy atom. The zero-order valence-electron chi connectivity index (χ0n) is 11.9. The number of rotatable bonds is 6. The van der Waals surface area contributed by atoms with Crippen LogP contribution in [0.5, 0.6) is 5.75 Å². The molecule has 0 amide bonds. The lowest BCUT2D eigenvalue weighted by molar-refractivity contribution is 0.336. The molecule has 0 aliphatic carbocycles. The summed E-state index contributed by atoms with van der Waals surface area (Å²) in [6.07, 6.45) is 2.18. The van der Waals surface area contributed by atoms with E-state index in [4.69, 9.17) is 4.74 Å². The molecule has 19 heavy (non-hydrogen) atoms. The highest BCUT2D eigenvalue weighted by Gasteiger charge is 2.07. The smallest absolute Gasteiger partial charge is 0.147 e. The van der Waals surface area contributed by atoms with Crippen molar-refractivity contribution in [3.8, 4) is 5.75 Å². The first kappa shape index (κ1) is 16.7. The Labute approximate surface area is 132 Å². The molecule has 1 aromatic rings. The Morgan fingerprint density at radius 2 is 1.89 bits per heavy atom. The quantitative estimate of drug-likeness (QED) is 0.736. The highest BCUT2D eigenvalue weighted by atomic mass is 79.9. The van der Waals surface area contributed by atoms with E-state index in [-0.39, 0.29) is 0 Å². The molecule has 0 saturated carbocycles. The molecule has 1 rings (SSSR count). The lowest BCUT2D eigenvalue weighted by Gasteiger charge is -2.11. The van der Waals surface area contributed by atoms with E-state index >= 15 is 0 Å². The molecule has 0 bridgehead atoms. The van der Waals surface area contributed by atoms with Gasteiger partial charge in [-0.25, -0.2) is 0 Å². The maximum absolute atomic E-state index is 5.58. The predicted octanol–water partition coefficient (Wildman–Crippen LogP) is 5.01. The summed E-state index contributed by atoms with van der Waals surface area (Å²) >= 11 is 7.10. The molecule has 0 fully saturated rings. The summed E-state index contributed by atoms with van der Waals surface area (Å²) in [5.74, 6) is 0.859. The van der Waals surface area contributed by atoms with E-state index in [0.717, 1.165) is 26.8 Å². The maximum Gasteiger partial charge on any atom is 0.147 e. The second-order valence-corrected chi connectivity index (χ2v) is 6.48. The van der Waals surface area contributed by atoms with Gasteiger partial charge in [0, 0.05) is 12.6 Å². The van der Waals surface area contributed by atoms with Crippen LogP contribution in [0.2, 0.25) is 0 Å². The highest BCUT2D eigenvalue weighted by Crippen LogP contribution is 2.35. The number of ether oxygens (including phenoxy) is 1. The minimum atomic E-state index is 0.502. The number of halogens is 2. The summed E-state index contributed by atoms with van der Waals surface area (Å²) in [7, 11) is 0.